The molecule has 0 aliphatic heterocycles. The molecule has 1 aromatic carbocycles. The van der Waals surface area contributed by atoms with Crippen molar-refractivity contribution in [1.29, 1.82) is 0 Å². The maximum Gasteiger partial charge on any atom is 0.102 e. The maximum absolute atomic E-state index is 5.50. The fourth-order valence-corrected chi connectivity index (χ4v) is 1.57. The Morgan fingerprint density at radius 2 is 2.17 bits per heavy atom. The van der Waals surface area contributed by atoms with Crippen molar-refractivity contribution < 1.29 is 0 Å². The van der Waals surface area contributed by atoms with Crippen LogP contribution >= 0.6 is 0 Å². The normalized spacial score (nSPS) is 11.7. The van der Waals surface area contributed by atoms with Crippen LogP contribution in [0.3, 0.4) is 0 Å². The molecule has 0 bridgehead atoms. The minimum atomic E-state index is -0.102. The van der Waals surface area contributed by atoms with Crippen LogP contribution in [0.25, 0.3) is 5.69 Å². The van der Waals surface area contributed by atoms with Crippen LogP contribution in [-0.4, -0.2) is 15.0 Å². The van der Waals surface area contributed by atoms with Gasteiger partial charge in [-0.25, -0.2) is 0 Å². The Morgan fingerprint density at radius 3 is 2.83 bits per heavy atom. The van der Waals surface area contributed by atoms with E-state index in [4.69, 9.17) is 5.84 Å². The predicted molar refractivity (Wildman–Crippen MR) is 69.5 cm³/mol. The van der Waals surface area contributed by atoms with Gasteiger partial charge in [-0.2, -0.15) is 15.0 Å². The second kappa shape index (κ2) is 5.96. The summed E-state index contributed by atoms with van der Waals surface area (Å²) < 4.78 is 0. The molecule has 0 fully saturated rings. The smallest absolute Gasteiger partial charge is 0.102 e. The van der Waals surface area contributed by atoms with E-state index in [2.05, 4.69) is 27.5 Å². The van der Waals surface area contributed by atoms with E-state index in [9.17, 15) is 0 Å². The zero-order valence-electron chi connectivity index (χ0n) is 10.2. The highest BCUT2D eigenvalue weighted by Gasteiger charge is 2.12. The summed E-state index contributed by atoms with van der Waals surface area (Å²) in [6.45, 7) is 1.80. The lowest BCUT2D eigenvalue weighted by Gasteiger charge is -2.08. The van der Waals surface area contributed by atoms with Crippen LogP contribution in [0.4, 0.5) is 0 Å². The van der Waals surface area contributed by atoms with Crippen LogP contribution in [0, 0.1) is 11.8 Å². The summed E-state index contributed by atoms with van der Waals surface area (Å²) in [7, 11) is 0. The second-order valence-corrected chi connectivity index (χ2v) is 3.74. The Bertz CT molecular complexity index is 550. The van der Waals surface area contributed by atoms with E-state index in [1.54, 1.807) is 17.9 Å². The van der Waals surface area contributed by atoms with Crippen molar-refractivity contribution in [2.75, 3.05) is 0 Å². The lowest BCUT2D eigenvalue weighted by Crippen LogP contribution is -2.28. The molecule has 3 N–H and O–H groups in total. The number of rotatable bonds is 4. The largest absolute Gasteiger partial charge is 0.271 e. The highest BCUT2D eigenvalue weighted by Crippen LogP contribution is 2.13. The highest BCUT2D eigenvalue weighted by atomic mass is 15.5. The average molecular weight is 241 g/mol. The van der Waals surface area contributed by atoms with Gasteiger partial charge in [-0.15, -0.1) is 11.8 Å². The Balaban J connectivity index is 2.21. The van der Waals surface area contributed by atoms with E-state index in [0.29, 0.717) is 6.42 Å². The van der Waals surface area contributed by atoms with Gasteiger partial charge in [-0.05, 0) is 19.1 Å². The van der Waals surface area contributed by atoms with E-state index >= 15 is 0 Å². The summed E-state index contributed by atoms with van der Waals surface area (Å²) in [4.78, 5) is 1.58. The van der Waals surface area contributed by atoms with Gasteiger partial charge in [0.05, 0.1) is 17.9 Å². The van der Waals surface area contributed by atoms with Crippen molar-refractivity contribution >= 4 is 0 Å². The van der Waals surface area contributed by atoms with Gasteiger partial charge < -0.3 is 0 Å². The summed E-state index contributed by atoms with van der Waals surface area (Å²) in [6.07, 6.45) is 2.31. The van der Waals surface area contributed by atoms with Crippen LogP contribution < -0.4 is 11.3 Å². The molecule has 18 heavy (non-hydrogen) atoms. The Kier molecular flexibility index (Phi) is 4.07. The minimum Gasteiger partial charge on any atom is -0.271 e. The van der Waals surface area contributed by atoms with Crippen molar-refractivity contribution in [3.8, 4) is 17.5 Å². The average Bonchev–Trinajstić information content (AvgIpc) is 2.90. The Hall–Kier alpha value is -2.16. The first-order valence-electron chi connectivity index (χ1n) is 5.68. The van der Waals surface area contributed by atoms with Crippen molar-refractivity contribution in [3.05, 3.63) is 42.2 Å². The second-order valence-electron chi connectivity index (χ2n) is 3.74. The topological polar surface area (TPSA) is 68.8 Å². The van der Waals surface area contributed by atoms with E-state index in [-0.39, 0.29) is 6.04 Å². The minimum absolute atomic E-state index is 0.102. The Morgan fingerprint density at radius 1 is 1.39 bits per heavy atom. The lowest BCUT2D eigenvalue weighted by molar-refractivity contribution is 0.547. The number of para-hydroxylation sites is 1. The van der Waals surface area contributed by atoms with Crippen molar-refractivity contribution in [1.82, 2.24) is 20.4 Å². The van der Waals surface area contributed by atoms with Gasteiger partial charge >= 0.3 is 0 Å². The number of hydrazine groups is 1. The number of nitrogens with two attached hydrogens (primary N) is 1. The molecule has 2 rings (SSSR count). The van der Waals surface area contributed by atoms with Crippen molar-refractivity contribution in [2.24, 2.45) is 5.84 Å². The first-order chi connectivity index (χ1) is 8.85. The maximum atomic E-state index is 5.50. The molecule has 1 aromatic heterocycles. The molecule has 92 valence electrons. The third-order valence-electron chi connectivity index (χ3n) is 2.54. The number of hydrogen-bond donors (Lipinski definition) is 2. The molecular formula is C13H15N5. The van der Waals surface area contributed by atoms with Gasteiger partial charge in [0.2, 0.25) is 0 Å². The quantitative estimate of drug-likeness (QED) is 0.479. The van der Waals surface area contributed by atoms with Gasteiger partial charge in [0, 0.05) is 6.42 Å². The van der Waals surface area contributed by atoms with Crippen LogP contribution in [-0.2, 0) is 0 Å². The summed E-state index contributed by atoms with van der Waals surface area (Å²) in [5, 5.41) is 8.63. The SMILES string of the molecule is CC#CCC(NN)c1cnn(-c2ccccc2)n1. The molecule has 0 radical (unpaired) electrons. The van der Waals surface area contributed by atoms with E-state index in [1.807, 2.05) is 30.3 Å². The molecule has 0 aliphatic carbocycles. The first-order valence-corrected chi connectivity index (χ1v) is 5.68. The monoisotopic (exact) mass is 241 g/mol. The lowest BCUT2D eigenvalue weighted by atomic mass is 10.2. The number of hydrogen-bond acceptors (Lipinski definition) is 4. The summed E-state index contributed by atoms with van der Waals surface area (Å²) in [5.41, 5.74) is 4.40. The molecule has 5 heteroatoms. The van der Waals surface area contributed by atoms with Gasteiger partial charge in [-0.1, -0.05) is 18.2 Å². The predicted octanol–water partition coefficient (Wildman–Crippen LogP) is 1.19. The van der Waals surface area contributed by atoms with Crippen molar-refractivity contribution in [2.45, 2.75) is 19.4 Å². The molecule has 0 aliphatic rings. The molecule has 0 amide bonds. The van der Waals surface area contributed by atoms with Crippen LogP contribution in [0.5, 0.6) is 0 Å². The van der Waals surface area contributed by atoms with Crippen LogP contribution in [0.2, 0.25) is 0 Å². The third kappa shape index (κ3) is 2.74. The molecule has 1 unspecified atom stereocenters. The van der Waals surface area contributed by atoms with E-state index in [0.717, 1.165) is 11.4 Å². The van der Waals surface area contributed by atoms with E-state index < -0.39 is 0 Å². The molecule has 5 nitrogen and oxygen atoms in total. The van der Waals surface area contributed by atoms with Crippen LogP contribution in [0.1, 0.15) is 25.1 Å². The zero-order valence-corrected chi connectivity index (χ0v) is 10.2. The van der Waals surface area contributed by atoms with Crippen LogP contribution in [0.15, 0.2) is 36.5 Å². The van der Waals surface area contributed by atoms with E-state index in [1.165, 1.54) is 0 Å². The number of benzene rings is 1. The number of aromatic nitrogens is 3. The van der Waals surface area contributed by atoms with Gasteiger partial charge in [0.1, 0.15) is 5.69 Å². The summed E-state index contributed by atoms with van der Waals surface area (Å²) in [6, 6.07) is 9.63. The molecule has 0 saturated carbocycles. The fraction of sp³-hybridized carbons (Fsp3) is 0.231. The third-order valence-corrected chi connectivity index (χ3v) is 2.54. The molecule has 1 heterocycles. The van der Waals surface area contributed by atoms with Gasteiger partial charge in [-0.3, -0.25) is 11.3 Å². The fourth-order valence-electron chi connectivity index (χ4n) is 1.57. The Labute approximate surface area is 106 Å². The number of nitrogens with one attached hydrogen (secondary N) is 1. The standard InChI is InChI=1S/C13H15N5/c1-2-3-9-12(16-14)13-10-15-18(17-13)11-7-5-4-6-8-11/h4-8,10,12,16H,9,14H2,1H3. The van der Waals surface area contributed by atoms with Gasteiger partial charge in [0.25, 0.3) is 0 Å². The summed E-state index contributed by atoms with van der Waals surface area (Å²) >= 11 is 0. The summed E-state index contributed by atoms with van der Waals surface area (Å²) in [5.74, 6) is 11.3. The molecule has 0 spiro atoms. The molecule has 2 aromatic rings. The van der Waals surface area contributed by atoms with Crippen molar-refractivity contribution in [3.63, 3.8) is 0 Å². The first kappa shape index (κ1) is 12.3. The highest BCUT2D eigenvalue weighted by molar-refractivity contribution is 5.28. The molecular weight excluding hydrogens is 226 g/mol. The van der Waals surface area contributed by atoms with Gasteiger partial charge in [0.15, 0.2) is 0 Å². The number of nitrogens with zero attached hydrogens (tertiary/aromatic N) is 3. The molecule has 0 saturated heterocycles. The molecule has 1 atom stereocenters. The zero-order chi connectivity index (χ0) is 12.8.